The van der Waals surface area contributed by atoms with E-state index in [4.69, 9.17) is 4.74 Å². The third kappa shape index (κ3) is 9.61. The fourth-order valence-electron chi connectivity index (χ4n) is 1.42. The molecule has 0 aliphatic rings. The Morgan fingerprint density at radius 3 is 2.25 bits per heavy atom. The molecule has 118 valence electrons. The Labute approximate surface area is 121 Å². The third-order valence-electron chi connectivity index (χ3n) is 2.42. The molecule has 0 aliphatic carbocycles. The van der Waals surface area contributed by atoms with E-state index < -0.39 is 23.7 Å². The third-order valence-corrected chi connectivity index (χ3v) is 2.42. The molecule has 1 atom stereocenters. The zero-order valence-corrected chi connectivity index (χ0v) is 13.4. The summed E-state index contributed by atoms with van der Waals surface area (Å²) in [6.07, 6.45) is 0.374. The van der Waals surface area contributed by atoms with Gasteiger partial charge in [-0.1, -0.05) is 13.8 Å². The van der Waals surface area contributed by atoms with Crippen LogP contribution in [0.4, 0.5) is 4.79 Å². The zero-order chi connectivity index (χ0) is 15.8. The van der Waals surface area contributed by atoms with Crippen LogP contribution in [0, 0.1) is 5.92 Å². The molecule has 0 saturated carbocycles. The minimum Gasteiger partial charge on any atom is -0.467 e. The number of ether oxygens (including phenoxy) is 2. The maximum atomic E-state index is 11.7. The van der Waals surface area contributed by atoms with Gasteiger partial charge in [-0.05, 0) is 39.7 Å². The highest BCUT2D eigenvalue weighted by Gasteiger charge is 2.24. The molecule has 0 rings (SSSR count). The van der Waals surface area contributed by atoms with Crippen LogP contribution in [0.1, 0.15) is 41.0 Å². The number of hydrogen-bond acceptors (Lipinski definition) is 5. The second kappa shape index (κ2) is 8.79. The van der Waals surface area contributed by atoms with E-state index in [9.17, 15) is 9.59 Å². The van der Waals surface area contributed by atoms with Gasteiger partial charge in [-0.2, -0.15) is 0 Å². The molecule has 0 heterocycles. The Morgan fingerprint density at radius 2 is 1.80 bits per heavy atom. The Balaban J connectivity index is 4.28. The molecule has 6 nitrogen and oxygen atoms in total. The SMILES string of the molecule is COC(=O)[C@H](CNCCC(C)C)NC(=O)OC(C)(C)C. The van der Waals surface area contributed by atoms with E-state index in [1.807, 2.05) is 0 Å². The first kappa shape index (κ1) is 18.7. The molecule has 0 aromatic rings. The summed E-state index contributed by atoms with van der Waals surface area (Å²) in [4.78, 5) is 23.3. The van der Waals surface area contributed by atoms with Gasteiger partial charge >= 0.3 is 12.1 Å². The van der Waals surface area contributed by atoms with E-state index in [1.165, 1.54) is 7.11 Å². The van der Waals surface area contributed by atoms with Gasteiger partial charge in [0, 0.05) is 6.54 Å². The highest BCUT2D eigenvalue weighted by atomic mass is 16.6. The summed E-state index contributed by atoms with van der Waals surface area (Å²) < 4.78 is 9.79. The van der Waals surface area contributed by atoms with Crippen molar-refractivity contribution in [3.05, 3.63) is 0 Å². The van der Waals surface area contributed by atoms with Crippen LogP contribution < -0.4 is 10.6 Å². The van der Waals surface area contributed by atoms with E-state index in [2.05, 4.69) is 29.2 Å². The van der Waals surface area contributed by atoms with Crippen molar-refractivity contribution in [3.63, 3.8) is 0 Å². The van der Waals surface area contributed by atoms with Gasteiger partial charge in [0.15, 0.2) is 0 Å². The highest BCUT2D eigenvalue weighted by Crippen LogP contribution is 2.06. The lowest BCUT2D eigenvalue weighted by atomic mass is 10.1. The molecule has 0 radical (unpaired) electrons. The monoisotopic (exact) mass is 288 g/mol. The first-order valence-corrected chi connectivity index (χ1v) is 6.93. The summed E-state index contributed by atoms with van der Waals surface area (Å²) in [6, 6.07) is -0.748. The molecule has 20 heavy (non-hydrogen) atoms. The molecular formula is C14H28N2O4. The summed E-state index contributed by atoms with van der Waals surface area (Å²) in [5.41, 5.74) is -0.601. The maximum Gasteiger partial charge on any atom is 0.408 e. The summed E-state index contributed by atoms with van der Waals surface area (Å²) in [7, 11) is 1.29. The lowest BCUT2D eigenvalue weighted by Gasteiger charge is -2.22. The van der Waals surface area contributed by atoms with Gasteiger partial charge in [0.2, 0.25) is 0 Å². The van der Waals surface area contributed by atoms with Crippen molar-refractivity contribution in [1.29, 1.82) is 0 Å². The molecule has 0 bridgehead atoms. The van der Waals surface area contributed by atoms with Gasteiger partial charge in [-0.15, -0.1) is 0 Å². The second-order valence-corrected chi connectivity index (χ2v) is 6.11. The van der Waals surface area contributed by atoms with Crippen molar-refractivity contribution >= 4 is 12.1 Å². The number of esters is 1. The standard InChI is InChI=1S/C14H28N2O4/c1-10(2)7-8-15-9-11(12(17)19-6)16-13(18)20-14(3,4)5/h10-11,15H,7-9H2,1-6H3,(H,16,18)/t11-/m0/s1. The van der Waals surface area contributed by atoms with E-state index in [0.717, 1.165) is 13.0 Å². The molecule has 0 aromatic carbocycles. The second-order valence-electron chi connectivity index (χ2n) is 6.11. The molecule has 2 N–H and O–H groups in total. The number of methoxy groups -OCH3 is 1. The van der Waals surface area contributed by atoms with Crippen LogP contribution in [0.3, 0.4) is 0 Å². The van der Waals surface area contributed by atoms with Crippen LogP contribution in [0.2, 0.25) is 0 Å². The predicted octanol–water partition coefficient (Wildman–Crippen LogP) is 1.69. The first-order chi connectivity index (χ1) is 9.15. The summed E-state index contributed by atoms with van der Waals surface area (Å²) >= 11 is 0. The first-order valence-electron chi connectivity index (χ1n) is 6.93. The Kier molecular flexibility index (Phi) is 8.22. The Bertz CT molecular complexity index is 311. The predicted molar refractivity (Wildman–Crippen MR) is 77.5 cm³/mol. The van der Waals surface area contributed by atoms with Crippen LogP contribution in [-0.2, 0) is 14.3 Å². The normalized spacial score (nSPS) is 12.9. The largest absolute Gasteiger partial charge is 0.467 e. The molecule has 1 amide bonds. The molecular weight excluding hydrogens is 260 g/mol. The minimum atomic E-state index is -0.748. The number of hydrogen-bond donors (Lipinski definition) is 2. The van der Waals surface area contributed by atoms with Gasteiger partial charge in [0.25, 0.3) is 0 Å². The Morgan fingerprint density at radius 1 is 1.20 bits per heavy atom. The average molecular weight is 288 g/mol. The maximum absolute atomic E-state index is 11.7. The van der Waals surface area contributed by atoms with Crippen LogP contribution >= 0.6 is 0 Å². The van der Waals surface area contributed by atoms with Crippen LogP contribution in [0.25, 0.3) is 0 Å². The number of amides is 1. The van der Waals surface area contributed by atoms with E-state index in [1.54, 1.807) is 20.8 Å². The summed E-state index contributed by atoms with van der Waals surface area (Å²) in [6.45, 7) is 10.6. The van der Waals surface area contributed by atoms with Crippen LogP contribution in [0.15, 0.2) is 0 Å². The van der Waals surface area contributed by atoms with Gasteiger partial charge in [-0.3, -0.25) is 0 Å². The van der Waals surface area contributed by atoms with Crippen LogP contribution in [-0.4, -0.2) is 43.9 Å². The summed E-state index contributed by atoms with van der Waals surface area (Å²) in [5.74, 6) is 0.0887. The van der Waals surface area contributed by atoms with E-state index >= 15 is 0 Å². The molecule has 0 unspecified atom stereocenters. The van der Waals surface area contributed by atoms with Gasteiger partial charge in [0.1, 0.15) is 11.6 Å². The number of alkyl carbamates (subject to hydrolysis) is 1. The van der Waals surface area contributed by atoms with Crippen molar-refractivity contribution in [1.82, 2.24) is 10.6 Å². The van der Waals surface area contributed by atoms with Gasteiger partial charge < -0.3 is 20.1 Å². The van der Waals surface area contributed by atoms with Crippen LogP contribution in [0.5, 0.6) is 0 Å². The fourth-order valence-corrected chi connectivity index (χ4v) is 1.42. The lowest BCUT2D eigenvalue weighted by molar-refractivity contribution is -0.143. The fraction of sp³-hybridized carbons (Fsp3) is 0.857. The number of carbonyl (C=O) groups is 2. The average Bonchev–Trinajstić information content (AvgIpc) is 2.29. The van der Waals surface area contributed by atoms with E-state index in [0.29, 0.717) is 12.5 Å². The van der Waals surface area contributed by atoms with Gasteiger partial charge in [0.05, 0.1) is 7.11 Å². The molecule has 0 aromatic heterocycles. The van der Waals surface area contributed by atoms with Crippen molar-refractivity contribution in [2.75, 3.05) is 20.2 Å². The summed E-state index contributed by atoms with van der Waals surface area (Å²) in [5, 5.41) is 5.64. The smallest absolute Gasteiger partial charge is 0.408 e. The van der Waals surface area contributed by atoms with Crippen molar-refractivity contribution in [3.8, 4) is 0 Å². The quantitative estimate of drug-likeness (QED) is 0.550. The number of nitrogens with one attached hydrogen (secondary N) is 2. The highest BCUT2D eigenvalue weighted by molar-refractivity contribution is 5.81. The topological polar surface area (TPSA) is 76.7 Å². The number of carbonyl (C=O) groups excluding carboxylic acids is 2. The van der Waals surface area contributed by atoms with Crippen molar-refractivity contribution in [2.24, 2.45) is 5.92 Å². The van der Waals surface area contributed by atoms with Crippen molar-refractivity contribution in [2.45, 2.75) is 52.7 Å². The number of rotatable bonds is 7. The van der Waals surface area contributed by atoms with Gasteiger partial charge in [-0.25, -0.2) is 9.59 Å². The zero-order valence-electron chi connectivity index (χ0n) is 13.4. The van der Waals surface area contributed by atoms with E-state index in [-0.39, 0.29) is 0 Å². The lowest BCUT2D eigenvalue weighted by Crippen LogP contribution is -2.49. The Hall–Kier alpha value is -1.30. The molecule has 6 heteroatoms. The van der Waals surface area contributed by atoms with Crippen molar-refractivity contribution < 1.29 is 19.1 Å². The molecule has 0 saturated heterocycles. The molecule has 0 aliphatic heterocycles. The minimum absolute atomic E-state index is 0.318. The molecule has 0 spiro atoms. The molecule has 0 fully saturated rings.